The molecule has 7 N–H and O–H groups in total. The number of carbonyl (C=O) groups excluding carboxylic acids is 2. The maximum absolute atomic E-state index is 13.4. The van der Waals surface area contributed by atoms with Gasteiger partial charge < -0.3 is 31.7 Å². The molecule has 0 spiro atoms. The Morgan fingerprint density at radius 2 is 1.94 bits per heavy atom. The van der Waals surface area contributed by atoms with Crippen molar-refractivity contribution in [3.8, 4) is 0 Å². The van der Waals surface area contributed by atoms with E-state index in [4.69, 9.17) is 11.1 Å². The number of likely N-dealkylation sites (tertiary alicyclic amines) is 1. The summed E-state index contributed by atoms with van der Waals surface area (Å²) in [5.74, 6) is -0.766. The fourth-order valence-corrected chi connectivity index (χ4v) is 5.42. The summed E-state index contributed by atoms with van der Waals surface area (Å²) in [5.41, 5.74) is 5.22. The molecule has 174 valence electrons. The van der Waals surface area contributed by atoms with Crippen molar-refractivity contribution in [2.24, 2.45) is 17.6 Å². The molecule has 1 saturated carbocycles. The summed E-state index contributed by atoms with van der Waals surface area (Å²) in [7, 11) is 0. The van der Waals surface area contributed by atoms with Crippen LogP contribution in [0.25, 0.3) is 0 Å². The number of hydrogen-bond donors (Lipinski definition) is 6. The molecule has 0 bridgehead atoms. The number of guanidine groups is 1. The molecule has 3 aliphatic rings. The average molecular weight is 437 g/mol. The van der Waals surface area contributed by atoms with E-state index in [1.54, 1.807) is 4.90 Å². The van der Waals surface area contributed by atoms with Crippen LogP contribution >= 0.6 is 0 Å². The lowest BCUT2D eigenvalue weighted by atomic mass is 9.71. The minimum absolute atomic E-state index is 0.00761. The van der Waals surface area contributed by atoms with Gasteiger partial charge in [0, 0.05) is 13.1 Å². The number of aliphatic carboxylic acids is 1. The molecule has 0 radical (unpaired) electrons. The summed E-state index contributed by atoms with van der Waals surface area (Å²) in [5, 5.41) is 25.3. The van der Waals surface area contributed by atoms with Crippen molar-refractivity contribution < 1.29 is 19.5 Å². The van der Waals surface area contributed by atoms with Gasteiger partial charge in [-0.3, -0.25) is 15.0 Å². The number of carboxylic acids is 1. The molecule has 2 amide bonds. The van der Waals surface area contributed by atoms with Gasteiger partial charge in [-0.15, -0.1) is 0 Å². The molecule has 1 aliphatic carbocycles. The number of nitrogens with zero attached hydrogens (tertiary/aromatic N) is 1. The highest BCUT2D eigenvalue weighted by molar-refractivity contribution is 5.92. The van der Waals surface area contributed by atoms with Crippen LogP contribution in [0.15, 0.2) is 0 Å². The van der Waals surface area contributed by atoms with Crippen molar-refractivity contribution in [2.45, 2.75) is 75.9 Å². The minimum Gasteiger partial charge on any atom is -0.480 e. The van der Waals surface area contributed by atoms with E-state index in [9.17, 15) is 19.5 Å². The Morgan fingerprint density at radius 1 is 1.16 bits per heavy atom. The summed E-state index contributed by atoms with van der Waals surface area (Å²) in [6, 6.07) is -1.88. The van der Waals surface area contributed by atoms with Crippen molar-refractivity contribution in [3.05, 3.63) is 0 Å². The van der Waals surface area contributed by atoms with Crippen LogP contribution < -0.4 is 21.7 Å². The quantitative estimate of drug-likeness (QED) is 0.177. The Kier molecular flexibility index (Phi) is 8.11. The lowest BCUT2D eigenvalue weighted by molar-refractivity contribution is -0.145. The average Bonchev–Trinajstić information content (AvgIpc) is 3.24. The number of nitrogens with one attached hydrogen (secondary N) is 4. The lowest BCUT2D eigenvalue weighted by Gasteiger charge is -2.43. The standard InChI is InChI=1S/C21H36N6O4/c22-21(23)25-10-3-7-15(20(30)31)26-18(28)16-8-4-12-27(16)19(29)17-14-6-2-1-5-13(14)9-11-24-17/h13-17,24H,1-12H2,(H,26,28)(H,30,31)(H4,22,23,25)/t13-,14-,15+,16+,17-/m1/s1. The maximum Gasteiger partial charge on any atom is 0.326 e. The van der Waals surface area contributed by atoms with Crippen LogP contribution in [0, 0.1) is 17.2 Å². The molecule has 2 heterocycles. The Morgan fingerprint density at radius 3 is 2.68 bits per heavy atom. The van der Waals surface area contributed by atoms with E-state index in [0.717, 1.165) is 32.2 Å². The van der Waals surface area contributed by atoms with Gasteiger partial charge in [-0.25, -0.2) is 4.79 Å². The first-order valence-corrected chi connectivity index (χ1v) is 11.5. The monoisotopic (exact) mass is 436 g/mol. The molecule has 0 aromatic carbocycles. The second-order valence-corrected chi connectivity index (χ2v) is 9.00. The third-order valence-electron chi connectivity index (χ3n) is 6.98. The summed E-state index contributed by atoms with van der Waals surface area (Å²) < 4.78 is 0. The predicted molar refractivity (Wildman–Crippen MR) is 115 cm³/mol. The smallest absolute Gasteiger partial charge is 0.326 e. The van der Waals surface area contributed by atoms with E-state index in [-0.39, 0.29) is 24.3 Å². The molecule has 2 saturated heterocycles. The molecule has 31 heavy (non-hydrogen) atoms. The van der Waals surface area contributed by atoms with Gasteiger partial charge in [0.25, 0.3) is 0 Å². The number of carboxylic acid groups (broad SMARTS) is 1. The topological polar surface area (TPSA) is 161 Å². The number of rotatable bonds is 8. The number of hydrogen-bond acceptors (Lipinski definition) is 5. The van der Waals surface area contributed by atoms with Gasteiger partial charge in [-0.05, 0) is 56.9 Å². The van der Waals surface area contributed by atoms with Crippen molar-refractivity contribution >= 4 is 23.7 Å². The van der Waals surface area contributed by atoms with E-state index in [2.05, 4.69) is 16.0 Å². The third kappa shape index (κ3) is 5.87. The molecule has 0 unspecified atom stereocenters. The number of amides is 2. The Hall–Kier alpha value is -2.36. The van der Waals surface area contributed by atoms with Gasteiger partial charge in [-0.2, -0.15) is 0 Å². The van der Waals surface area contributed by atoms with Crippen molar-refractivity contribution in [1.82, 2.24) is 20.9 Å². The number of carbonyl (C=O) groups is 3. The Bertz CT molecular complexity index is 685. The van der Waals surface area contributed by atoms with Gasteiger partial charge in [-0.1, -0.05) is 19.3 Å². The third-order valence-corrected chi connectivity index (χ3v) is 6.98. The summed E-state index contributed by atoms with van der Waals surface area (Å²) in [6.07, 6.45) is 7.67. The maximum atomic E-state index is 13.4. The Balaban J connectivity index is 1.59. The van der Waals surface area contributed by atoms with E-state index >= 15 is 0 Å². The fourth-order valence-electron chi connectivity index (χ4n) is 5.42. The van der Waals surface area contributed by atoms with Gasteiger partial charge in [0.05, 0.1) is 6.04 Å². The van der Waals surface area contributed by atoms with Gasteiger partial charge >= 0.3 is 5.97 Å². The normalized spacial score (nSPS) is 29.0. The number of nitrogens with two attached hydrogens (primary N) is 1. The highest BCUT2D eigenvalue weighted by Gasteiger charge is 2.44. The molecule has 3 fully saturated rings. The zero-order valence-corrected chi connectivity index (χ0v) is 18.1. The summed E-state index contributed by atoms with van der Waals surface area (Å²) >= 11 is 0. The molecule has 5 atom stereocenters. The predicted octanol–water partition coefficient (Wildman–Crippen LogP) is -0.0216. The van der Waals surface area contributed by atoms with E-state index in [1.807, 2.05) is 0 Å². The zero-order valence-electron chi connectivity index (χ0n) is 18.1. The molecule has 3 rings (SSSR count). The van der Waals surface area contributed by atoms with Gasteiger partial charge in [0.1, 0.15) is 12.1 Å². The van der Waals surface area contributed by atoms with Crippen LogP contribution in [0.2, 0.25) is 0 Å². The lowest BCUT2D eigenvalue weighted by Crippen LogP contribution is -2.59. The second-order valence-electron chi connectivity index (χ2n) is 9.00. The van der Waals surface area contributed by atoms with Crippen LogP contribution in [-0.4, -0.2) is 71.5 Å². The van der Waals surface area contributed by atoms with Crippen LogP contribution in [0.5, 0.6) is 0 Å². The van der Waals surface area contributed by atoms with Gasteiger partial charge in [0.15, 0.2) is 5.96 Å². The molecule has 10 heteroatoms. The molecule has 2 aliphatic heterocycles. The summed E-state index contributed by atoms with van der Waals surface area (Å²) in [4.78, 5) is 39.6. The highest BCUT2D eigenvalue weighted by atomic mass is 16.4. The first-order chi connectivity index (χ1) is 14.9. The number of piperidine rings is 1. The SMILES string of the molecule is N=C(N)NCCC[C@H](NC(=O)[C@@H]1CCCN1C(=O)[C@@H]1NCC[C@H]2CCCC[C@H]21)C(=O)O. The van der Waals surface area contributed by atoms with Crippen molar-refractivity contribution in [1.29, 1.82) is 5.41 Å². The first-order valence-electron chi connectivity index (χ1n) is 11.5. The molecule has 0 aromatic heterocycles. The molecule has 0 aromatic rings. The largest absolute Gasteiger partial charge is 0.480 e. The Labute approximate surface area is 183 Å². The van der Waals surface area contributed by atoms with Crippen LogP contribution in [-0.2, 0) is 14.4 Å². The van der Waals surface area contributed by atoms with Crippen LogP contribution in [0.1, 0.15) is 57.8 Å². The van der Waals surface area contributed by atoms with Crippen molar-refractivity contribution in [2.75, 3.05) is 19.6 Å². The van der Waals surface area contributed by atoms with Crippen LogP contribution in [0.4, 0.5) is 0 Å². The highest BCUT2D eigenvalue weighted by Crippen LogP contribution is 2.37. The van der Waals surface area contributed by atoms with Crippen molar-refractivity contribution in [3.63, 3.8) is 0 Å². The van der Waals surface area contributed by atoms with E-state index < -0.39 is 24.0 Å². The van der Waals surface area contributed by atoms with E-state index in [1.165, 1.54) is 12.8 Å². The van der Waals surface area contributed by atoms with E-state index in [0.29, 0.717) is 37.8 Å². The molecule has 10 nitrogen and oxygen atoms in total. The minimum atomic E-state index is -1.11. The van der Waals surface area contributed by atoms with Crippen LogP contribution in [0.3, 0.4) is 0 Å². The zero-order chi connectivity index (χ0) is 22.4. The van der Waals surface area contributed by atoms with Gasteiger partial charge in [0.2, 0.25) is 11.8 Å². The number of fused-ring (bicyclic) bond motifs is 1. The molecular formula is C21H36N6O4. The molecular weight excluding hydrogens is 400 g/mol. The fraction of sp³-hybridized carbons (Fsp3) is 0.810. The second kappa shape index (κ2) is 10.8. The summed E-state index contributed by atoms with van der Waals surface area (Å²) in [6.45, 7) is 1.73. The first kappa shape index (κ1) is 23.3.